The van der Waals surface area contributed by atoms with Crippen LogP contribution in [-0.2, 0) is 9.53 Å². The molecule has 3 amide bonds. The molecule has 1 aliphatic rings. The fraction of sp³-hybridized carbons (Fsp3) is 0.0833. The molecule has 33 heavy (non-hydrogen) atoms. The number of carbonyl (C=O) groups excluding carboxylic acids is 4. The fourth-order valence-electron chi connectivity index (χ4n) is 3.27. The van der Waals surface area contributed by atoms with E-state index in [0.29, 0.717) is 5.69 Å². The summed E-state index contributed by atoms with van der Waals surface area (Å²) in [6.07, 6.45) is -1.09. The standard InChI is InChI=1S/C24H16Cl2N2O5/c1-13(21(29)27-15-5-3-2-4-6-15)33-24(32)14-7-9-17-18(11-14)23(31)28(22(17)30)16-8-10-19(25)20(26)12-16/h2-13H,1H3,(H,27,29). The zero-order valence-corrected chi connectivity index (χ0v) is 18.7. The van der Waals surface area contributed by atoms with Crippen molar-refractivity contribution in [2.75, 3.05) is 10.2 Å². The monoisotopic (exact) mass is 482 g/mol. The van der Waals surface area contributed by atoms with Gasteiger partial charge in [0.1, 0.15) is 0 Å². The molecule has 1 unspecified atom stereocenters. The van der Waals surface area contributed by atoms with E-state index in [-0.39, 0.29) is 32.4 Å². The first kappa shape index (κ1) is 22.5. The Morgan fingerprint density at radius 1 is 0.879 bits per heavy atom. The van der Waals surface area contributed by atoms with Gasteiger partial charge in [0.05, 0.1) is 32.4 Å². The lowest BCUT2D eigenvalue weighted by atomic mass is 10.1. The summed E-state index contributed by atoms with van der Waals surface area (Å²) < 4.78 is 5.24. The number of nitrogens with zero attached hydrogens (tertiary/aromatic N) is 1. The molecule has 166 valence electrons. The van der Waals surface area contributed by atoms with E-state index >= 15 is 0 Å². The summed E-state index contributed by atoms with van der Waals surface area (Å²) in [6.45, 7) is 1.43. The molecule has 4 rings (SSSR count). The number of amides is 3. The molecule has 9 heteroatoms. The highest BCUT2D eigenvalue weighted by Gasteiger charge is 2.37. The molecule has 0 spiro atoms. The summed E-state index contributed by atoms with van der Waals surface area (Å²) in [5.74, 6) is -2.48. The summed E-state index contributed by atoms with van der Waals surface area (Å²) in [6, 6.07) is 17.1. The number of anilines is 2. The van der Waals surface area contributed by atoms with Crippen LogP contribution < -0.4 is 10.2 Å². The van der Waals surface area contributed by atoms with Crippen LogP contribution in [0.1, 0.15) is 38.0 Å². The molecule has 0 aliphatic carbocycles. The molecule has 0 bridgehead atoms. The van der Waals surface area contributed by atoms with Crippen molar-refractivity contribution in [2.24, 2.45) is 0 Å². The molecule has 0 aromatic heterocycles. The van der Waals surface area contributed by atoms with Gasteiger partial charge in [0.2, 0.25) is 0 Å². The molecule has 1 atom stereocenters. The van der Waals surface area contributed by atoms with Crippen molar-refractivity contribution >= 4 is 58.3 Å². The Kier molecular flexibility index (Phi) is 6.18. The fourth-order valence-corrected chi connectivity index (χ4v) is 3.57. The maximum atomic E-state index is 12.9. The van der Waals surface area contributed by atoms with Gasteiger partial charge < -0.3 is 10.1 Å². The molecule has 0 fully saturated rings. The van der Waals surface area contributed by atoms with Crippen LogP contribution in [0.25, 0.3) is 0 Å². The highest BCUT2D eigenvalue weighted by atomic mass is 35.5. The van der Waals surface area contributed by atoms with Gasteiger partial charge in [-0.3, -0.25) is 14.4 Å². The van der Waals surface area contributed by atoms with E-state index in [0.717, 1.165) is 4.90 Å². The lowest BCUT2D eigenvalue weighted by molar-refractivity contribution is -0.123. The van der Waals surface area contributed by atoms with Crippen molar-refractivity contribution in [2.45, 2.75) is 13.0 Å². The minimum Gasteiger partial charge on any atom is -0.449 e. The van der Waals surface area contributed by atoms with Crippen LogP contribution in [0, 0.1) is 0 Å². The van der Waals surface area contributed by atoms with Gasteiger partial charge in [-0.1, -0.05) is 41.4 Å². The third-order valence-electron chi connectivity index (χ3n) is 4.98. The van der Waals surface area contributed by atoms with Gasteiger partial charge in [0.25, 0.3) is 17.7 Å². The molecule has 3 aromatic rings. The van der Waals surface area contributed by atoms with E-state index in [1.165, 1.54) is 43.3 Å². The van der Waals surface area contributed by atoms with Crippen LogP contribution in [0.15, 0.2) is 66.7 Å². The maximum absolute atomic E-state index is 12.9. The number of esters is 1. The van der Waals surface area contributed by atoms with E-state index in [1.54, 1.807) is 24.3 Å². The lowest BCUT2D eigenvalue weighted by Gasteiger charge is -2.14. The Morgan fingerprint density at radius 2 is 1.58 bits per heavy atom. The SMILES string of the molecule is CC(OC(=O)c1ccc2c(c1)C(=O)N(c1ccc(Cl)c(Cl)c1)C2=O)C(=O)Nc1ccccc1. The Morgan fingerprint density at radius 3 is 2.27 bits per heavy atom. The predicted molar refractivity (Wildman–Crippen MR) is 124 cm³/mol. The molecule has 1 aliphatic heterocycles. The number of benzene rings is 3. The van der Waals surface area contributed by atoms with E-state index < -0.39 is 29.8 Å². The summed E-state index contributed by atoms with van der Waals surface area (Å²) in [4.78, 5) is 51.6. The normalized spacial score (nSPS) is 13.5. The number of para-hydroxylation sites is 1. The number of imide groups is 1. The molecular formula is C24H16Cl2N2O5. The summed E-state index contributed by atoms with van der Waals surface area (Å²) in [5, 5.41) is 3.12. The Balaban J connectivity index is 1.51. The summed E-state index contributed by atoms with van der Waals surface area (Å²) >= 11 is 11.9. The smallest absolute Gasteiger partial charge is 0.338 e. The minimum atomic E-state index is -1.09. The quantitative estimate of drug-likeness (QED) is 0.408. The Bertz CT molecular complexity index is 1290. The van der Waals surface area contributed by atoms with Crippen molar-refractivity contribution in [3.63, 3.8) is 0 Å². The zero-order chi connectivity index (χ0) is 23.7. The number of halogens is 2. The van der Waals surface area contributed by atoms with Crippen molar-refractivity contribution in [1.29, 1.82) is 0 Å². The second kappa shape index (κ2) is 9.05. The minimum absolute atomic E-state index is 0.0326. The molecule has 0 radical (unpaired) electrons. The van der Waals surface area contributed by atoms with Gasteiger partial charge in [0.15, 0.2) is 6.10 Å². The largest absolute Gasteiger partial charge is 0.449 e. The number of hydrogen-bond acceptors (Lipinski definition) is 5. The predicted octanol–water partition coefficient (Wildman–Crippen LogP) is 4.98. The van der Waals surface area contributed by atoms with E-state index in [4.69, 9.17) is 27.9 Å². The Hall–Kier alpha value is -3.68. The number of nitrogens with one attached hydrogen (secondary N) is 1. The number of fused-ring (bicyclic) bond motifs is 1. The molecule has 3 aromatic carbocycles. The molecule has 7 nitrogen and oxygen atoms in total. The van der Waals surface area contributed by atoms with Crippen molar-refractivity contribution in [3.05, 3.63) is 93.5 Å². The lowest BCUT2D eigenvalue weighted by Crippen LogP contribution is -2.30. The van der Waals surface area contributed by atoms with E-state index in [1.807, 2.05) is 6.07 Å². The van der Waals surface area contributed by atoms with Gasteiger partial charge in [-0.15, -0.1) is 0 Å². The number of hydrogen-bond donors (Lipinski definition) is 1. The number of ether oxygens (including phenoxy) is 1. The maximum Gasteiger partial charge on any atom is 0.338 e. The van der Waals surface area contributed by atoms with E-state index in [9.17, 15) is 19.2 Å². The van der Waals surface area contributed by atoms with Crippen molar-refractivity contribution in [3.8, 4) is 0 Å². The van der Waals surface area contributed by atoms with Gasteiger partial charge in [-0.25, -0.2) is 9.69 Å². The topological polar surface area (TPSA) is 92.8 Å². The van der Waals surface area contributed by atoms with Crippen LogP contribution >= 0.6 is 23.2 Å². The molecule has 0 saturated carbocycles. The first-order valence-corrected chi connectivity index (χ1v) is 10.6. The van der Waals surface area contributed by atoms with Crippen molar-refractivity contribution < 1.29 is 23.9 Å². The van der Waals surface area contributed by atoms with Gasteiger partial charge in [0, 0.05) is 5.69 Å². The molecule has 0 saturated heterocycles. The highest BCUT2D eigenvalue weighted by Crippen LogP contribution is 2.33. The molecule has 1 N–H and O–H groups in total. The first-order chi connectivity index (χ1) is 15.8. The van der Waals surface area contributed by atoms with Crippen LogP contribution in [0.4, 0.5) is 11.4 Å². The summed E-state index contributed by atoms with van der Waals surface area (Å²) in [7, 11) is 0. The third kappa shape index (κ3) is 4.46. The number of carbonyl (C=O) groups is 4. The average Bonchev–Trinajstić information content (AvgIpc) is 3.05. The third-order valence-corrected chi connectivity index (χ3v) is 5.72. The first-order valence-electron chi connectivity index (χ1n) is 9.81. The second-order valence-electron chi connectivity index (χ2n) is 7.21. The van der Waals surface area contributed by atoms with Crippen LogP contribution in [0.3, 0.4) is 0 Å². The van der Waals surface area contributed by atoms with Crippen LogP contribution in [-0.4, -0.2) is 29.8 Å². The molecular weight excluding hydrogens is 467 g/mol. The molecule has 1 heterocycles. The van der Waals surface area contributed by atoms with E-state index in [2.05, 4.69) is 5.32 Å². The zero-order valence-electron chi connectivity index (χ0n) is 17.2. The van der Waals surface area contributed by atoms with Crippen molar-refractivity contribution in [1.82, 2.24) is 0 Å². The van der Waals surface area contributed by atoms with Crippen LogP contribution in [0.5, 0.6) is 0 Å². The van der Waals surface area contributed by atoms with Gasteiger partial charge in [-0.2, -0.15) is 0 Å². The summed E-state index contributed by atoms with van der Waals surface area (Å²) in [5.41, 5.74) is 1.03. The highest BCUT2D eigenvalue weighted by molar-refractivity contribution is 6.42. The van der Waals surface area contributed by atoms with Crippen LogP contribution in [0.2, 0.25) is 10.0 Å². The second-order valence-corrected chi connectivity index (χ2v) is 8.02. The Labute approximate surface area is 198 Å². The number of rotatable bonds is 5. The average molecular weight is 483 g/mol. The van der Waals surface area contributed by atoms with Gasteiger partial charge in [-0.05, 0) is 55.5 Å². The van der Waals surface area contributed by atoms with Gasteiger partial charge >= 0.3 is 5.97 Å².